The predicted molar refractivity (Wildman–Crippen MR) is 127 cm³/mol. The summed E-state index contributed by atoms with van der Waals surface area (Å²) in [5.41, 5.74) is -4.43. The van der Waals surface area contributed by atoms with Crippen molar-refractivity contribution < 1.29 is 46.6 Å². The number of aromatic nitrogens is 2. The molecule has 3 amide bonds. The van der Waals surface area contributed by atoms with Crippen molar-refractivity contribution in [2.24, 2.45) is 11.3 Å². The van der Waals surface area contributed by atoms with Gasteiger partial charge in [-0.1, -0.05) is 6.92 Å². The van der Waals surface area contributed by atoms with Gasteiger partial charge < -0.3 is 14.2 Å². The largest absolute Gasteiger partial charge is 0.468 e. The Morgan fingerprint density at radius 2 is 1.63 bits per heavy atom. The second kappa shape index (κ2) is 10.7. The number of hydrogen-bond acceptors (Lipinski definition) is 9. The van der Waals surface area contributed by atoms with Gasteiger partial charge in [0.25, 0.3) is 0 Å². The Labute approximate surface area is 218 Å². The Balaban J connectivity index is 2.51. The Morgan fingerprint density at radius 3 is 2.08 bits per heavy atom. The van der Waals surface area contributed by atoms with Crippen molar-refractivity contribution in [2.75, 3.05) is 19.0 Å². The molecule has 2 unspecified atom stereocenters. The average Bonchev–Trinajstić information content (AvgIpc) is 2.75. The van der Waals surface area contributed by atoms with Crippen molar-refractivity contribution in [1.82, 2.24) is 15.1 Å². The normalized spacial score (nSPS) is 21.4. The van der Waals surface area contributed by atoms with Crippen LogP contribution in [-0.2, 0) is 23.8 Å². The van der Waals surface area contributed by atoms with Crippen molar-refractivity contribution in [1.29, 1.82) is 0 Å². The zero-order valence-corrected chi connectivity index (χ0v) is 22.6. The van der Waals surface area contributed by atoms with Gasteiger partial charge in [-0.2, -0.15) is 18.3 Å². The highest BCUT2D eigenvalue weighted by molar-refractivity contribution is 6.09. The molecule has 0 spiro atoms. The van der Waals surface area contributed by atoms with Gasteiger partial charge >= 0.3 is 24.3 Å². The third-order valence-electron chi connectivity index (χ3n) is 5.72. The third kappa shape index (κ3) is 7.10. The SMILES string of the molecule is COC(=O)C1(C(C)c2ccc(NC(=O)OC(C)(C)C)nn2)C[C@@H](C(F)(F)F)CN(C(=O)OC(C)(C)C)C1=O. The Kier molecular flexibility index (Phi) is 8.69. The molecule has 11 nitrogen and oxygen atoms in total. The number of nitrogens with zero attached hydrogens (tertiary/aromatic N) is 3. The lowest BCUT2D eigenvalue weighted by Crippen LogP contribution is -2.62. The molecule has 3 atom stereocenters. The molecule has 0 aliphatic carbocycles. The maximum absolute atomic E-state index is 14.0. The molecule has 1 aromatic heterocycles. The standard InChI is InChI=1S/C24H33F3N4O7/c1-13(15-9-10-16(30-29-15)28-19(34)37-21(2,3)4)23(18(33)36-8)11-14(24(25,26)27)12-31(17(23)32)20(35)38-22(5,6)7/h9-10,13-14H,11-12H2,1-8H3,(H,28,30,34)/t13?,14-,23?/m1/s1. The minimum absolute atomic E-state index is 0.0409. The van der Waals surface area contributed by atoms with Gasteiger partial charge in [-0.05, 0) is 60.1 Å². The summed E-state index contributed by atoms with van der Waals surface area (Å²) in [6, 6.07) is 2.57. The maximum Gasteiger partial charge on any atom is 0.417 e. The first-order chi connectivity index (χ1) is 17.2. The summed E-state index contributed by atoms with van der Waals surface area (Å²) in [7, 11) is 0.929. The summed E-state index contributed by atoms with van der Waals surface area (Å²) in [5, 5.41) is 10.1. The van der Waals surface area contributed by atoms with Gasteiger partial charge in [0, 0.05) is 12.5 Å². The van der Waals surface area contributed by atoms with E-state index in [-0.39, 0.29) is 11.5 Å². The molecule has 38 heavy (non-hydrogen) atoms. The number of alkyl halides is 3. The number of rotatable bonds is 4. The van der Waals surface area contributed by atoms with Crippen molar-refractivity contribution in [3.63, 3.8) is 0 Å². The number of ether oxygens (including phenoxy) is 3. The van der Waals surface area contributed by atoms with E-state index in [1.54, 1.807) is 20.8 Å². The van der Waals surface area contributed by atoms with Crippen molar-refractivity contribution in [3.8, 4) is 0 Å². The van der Waals surface area contributed by atoms with Crippen LogP contribution in [0.2, 0.25) is 0 Å². The first-order valence-corrected chi connectivity index (χ1v) is 11.7. The van der Waals surface area contributed by atoms with Crippen LogP contribution >= 0.6 is 0 Å². The third-order valence-corrected chi connectivity index (χ3v) is 5.72. The van der Waals surface area contributed by atoms with Crippen LogP contribution in [0.3, 0.4) is 0 Å². The molecule has 1 N–H and O–H groups in total. The minimum Gasteiger partial charge on any atom is -0.468 e. The highest BCUT2D eigenvalue weighted by Gasteiger charge is 2.63. The van der Waals surface area contributed by atoms with Gasteiger partial charge in [-0.25, -0.2) is 14.5 Å². The first-order valence-electron chi connectivity index (χ1n) is 11.7. The second-order valence-corrected chi connectivity index (χ2v) is 11.0. The molecule has 1 fully saturated rings. The van der Waals surface area contributed by atoms with E-state index < -0.39 is 71.7 Å². The van der Waals surface area contributed by atoms with Crippen LogP contribution in [0.1, 0.15) is 66.5 Å². The van der Waals surface area contributed by atoms with Gasteiger partial charge in [0.15, 0.2) is 11.2 Å². The molecule has 212 valence electrons. The van der Waals surface area contributed by atoms with Gasteiger partial charge in [0.2, 0.25) is 5.91 Å². The van der Waals surface area contributed by atoms with Crippen LogP contribution in [0, 0.1) is 11.3 Å². The van der Waals surface area contributed by atoms with E-state index in [9.17, 15) is 32.3 Å². The summed E-state index contributed by atoms with van der Waals surface area (Å²) in [6.45, 7) is 9.72. The van der Waals surface area contributed by atoms with E-state index >= 15 is 0 Å². The fourth-order valence-corrected chi connectivity index (χ4v) is 3.97. The molecule has 2 rings (SSSR count). The summed E-state index contributed by atoms with van der Waals surface area (Å²) in [4.78, 5) is 51.8. The monoisotopic (exact) mass is 546 g/mol. The number of esters is 1. The summed E-state index contributed by atoms with van der Waals surface area (Å²) < 4.78 is 57.0. The second-order valence-electron chi connectivity index (χ2n) is 11.0. The number of imide groups is 1. The van der Waals surface area contributed by atoms with Crippen LogP contribution in [-0.4, -0.2) is 70.2 Å². The van der Waals surface area contributed by atoms with Gasteiger partial charge in [0.1, 0.15) is 11.2 Å². The first kappa shape index (κ1) is 30.8. The van der Waals surface area contributed by atoms with Crippen molar-refractivity contribution >= 4 is 29.9 Å². The molecule has 0 radical (unpaired) electrons. The van der Waals surface area contributed by atoms with E-state index in [4.69, 9.17) is 14.2 Å². The number of piperidine rings is 1. The van der Waals surface area contributed by atoms with Gasteiger partial charge in [0.05, 0.1) is 18.7 Å². The molecule has 0 aromatic carbocycles. The lowest BCUT2D eigenvalue weighted by atomic mass is 9.65. The van der Waals surface area contributed by atoms with E-state index in [1.807, 2.05) is 0 Å². The number of anilines is 1. The molecule has 14 heteroatoms. The predicted octanol–water partition coefficient (Wildman–Crippen LogP) is 4.43. The number of hydrogen-bond donors (Lipinski definition) is 1. The fraction of sp³-hybridized carbons (Fsp3) is 0.667. The number of nitrogens with one attached hydrogen (secondary N) is 1. The summed E-state index contributed by atoms with van der Waals surface area (Å²) >= 11 is 0. The lowest BCUT2D eigenvalue weighted by Gasteiger charge is -2.45. The highest BCUT2D eigenvalue weighted by atomic mass is 19.4. The summed E-state index contributed by atoms with van der Waals surface area (Å²) in [6.07, 6.45) is -7.98. The van der Waals surface area contributed by atoms with Gasteiger partial charge in [-0.15, -0.1) is 5.10 Å². The van der Waals surface area contributed by atoms with Crippen LogP contribution in [0.15, 0.2) is 12.1 Å². The highest BCUT2D eigenvalue weighted by Crippen LogP contribution is 2.50. The fourth-order valence-electron chi connectivity index (χ4n) is 3.97. The van der Waals surface area contributed by atoms with Crippen LogP contribution in [0.5, 0.6) is 0 Å². The molecule has 1 saturated heterocycles. The Hall–Kier alpha value is -3.45. The number of likely N-dealkylation sites (tertiary alicyclic amines) is 1. The number of carbonyl (C=O) groups is 4. The molecule has 2 heterocycles. The average molecular weight is 547 g/mol. The van der Waals surface area contributed by atoms with Crippen LogP contribution < -0.4 is 5.32 Å². The zero-order valence-electron chi connectivity index (χ0n) is 22.6. The van der Waals surface area contributed by atoms with E-state index in [0.717, 1.165) is 7.11 Å². The molecule has 0 bridgehead atoms. The number of methoxy groups -OCH3 is 1. The van der Waals surface area contributed by atoms with Gasteiger partial charge in [-0.3, -0.25) is 14.9 Å². The van der Waals surface area contributed by atoms with Crippen molar-refractivity contribution in [3.05, 3.63) is 17.8 Å². The lowest BCUT2D eigenvalue weighted by molar-refractivity contribution is -0.206. The number of halogens is 3. The molecule has 1 aliphatic heterocycles. The van der Waals surface area contributed by atoms with Crippen LogP contribution in [0.25, 0.3) is 0 Å². The van der Waals surface area contributed by atoms with E-state index in [2.05, 4.69) is 15.5 Å². The molecular weight excluding hydrogens is 513 g/mol. The molecular formula is C24H33F3N4O7. The van der Waals surface area contributed by atoms with E-state index in [1.165, 1.54) is 39.8 Å². The van der Waals surface area contributed by atoms with Crippen LogP contribution in [0.4, 0.5) is 28.6 Å². The smallest absolute Gasteiger partial charge is 0.417 e. The zero-order chi connectivity index (χ0) is 29.3. The number of amides is 3. The quantitative estimate of drug-likeness (QED) is 0.330. The minimum atomic E-state index is -4.85. The molecule has 1 aliphatic rings. The topological polar surface area (TPSA) is 137 Å². The Morgan fingerprint density at radius 1 is 1.05 bits per heavy atom. The Bertz CT molecular complexity index is 1060. The molecule has 1 aromatic rings. The van der Waals surface area contributed by atoms with E-state index in [0.29, 0.717) is 4.90 Å². The maximum atomic E-state index is 14.0. The summed E-state index contributed by atoms with van der Waals surface area (Å²) in [5.74, 6) is -6.07. The van der Waals surface area contributed by atoms with Crippen molar-refractivity contribution in [2.45, 2.75) is 78.2 Å². The molecule has 0 saturated carbocycles. The number of carbonyl (C=O) groups excluding carboxylic acids is 4.